The van der Waals surface area contributed by atoms with Gasteiger partial charge in [0.15, 0.2) is 5.82 Å². The van der Waals surface area contributed by atoms with Gasteiger partial charge in [0.2, 0.25) is 0 Å². The van der Waals surface area contributed by atoms with Crippen LogP contribution in [-0.2, 0) is 4.74 Å². The number of rotatable bonds is 2. The quantitative estimate of drug-likeness (QED) is 0.914. The predicted molar refractivity (Wildman–Crippen MR) is 73.3 cm³/mol. The van der Waals surface area contributed by atoms with Crippen molar-refractivity contribution in [2.24, 2.45) is 0 Å². The van der Waals surface area contributed by atoms with Crippen LogP contribution in [0.4, 0.5) is 0 Å². The maximum atomic E-state index is 5.39. The van der Waals surface area contributed by atoms with Gasteiger partial charge in [-0.1, -0.05) is 22.9 Å². The molecular weight excluding hydrogens is 266 g/mol. The van der Waals surface area contributed by atoms with Crippen molar-refractivity contribution < 1.29 is 9.26 Å². The monoisotopic (exact) mass is 281 g/mol. The number of aromatic nitrogens is 2. The molecule has 5 nitrogen and oxygen atoms in total. The molecule has 19 heavy (non-hydrogen) atoms. The van der Waals surface area contributed by atoms with E-state index in [0.717, 1.165) is 18.7 Å². The Hall–Kier alpha value is -1.43. The summed E-state index contributed by atoms with van der Waals surface area (Å²) in [5, 5.41) is 7.32. The molecule has 1 fully saturated rings. The van der Waals surface area contributed by atoms with Crippen LogP contribution in [0, 0.1) is 6.92 Å². The Balaban J connectivity index is 0.00000133. The van der Waals surface area contributed by atoms with Crippen molar-refractivity contribution in [3.63, 3.8) is 0 Å². The van der Waals surface area contributed by atoms with Crippen LogP contribution in [0.3, 0.4) is 0 Å². The molecule has 1 aliphatic rings. The van der Waals surface area contributed by atoms with Crippen LogP contribution in [0.5, 0.6) is 0 Å². The van der Waals surface area contributed by atoms with E-state index in [2.05, 4.69) is 15.5 Å². The third kappa shape index (κ3) is 3.12. The summed E-state index contributed by atoms with van der Waals surface area (Å²) in [7, 11) is 0. The Morgan fingerprint density at radius 2 is 2.26 bits per heavy atom. The van der Waals surface area contributed by atoms with Gasteiger partial charge >= 0.3 is 0 Å². The van der Waals surface area contributed by atoms with E-state index in [0.29, 0.717) is 18.3 Å². The minimum Gasteiger partial charge on any atom is -0.378 e. The summed E-state index contributed by atoms with van der Waals surface area (Å²) in [6, 6.07) is 8.05. The molecule has 1 atom stereocenters. The van der Waals surface area contributed by atoms with Gasteiger partial charge in [-0.2, -0.15) is 4.98 Å². The molecule has 1 N–H and O–H groups in total. The van der Waals surface area contributed by atoms with E-state index in [1.165, 1.54) is 5.56 Å². The molecule has 1 aromatic heterocycles. The molecule has 2 aromatic rings. The van der Waals surface area contributed by atoms with E-state index >= 15 is 0 Å². The molecule has 0 radical (unpaired) electrons. The largest absolute Gasteiger partial charge is 0.378 e. The van der Waals surface area contributed by atoms with Crippen molar-refractivity contribution in [2.75, 3.05) is 19.8 Å². The Kier molecular flexibility index (Phi) is 4.52. The zero-order valence-corrected chi connectivity index (χ0v) is 11.4. The molecule has 2 heterocycles. The van der Waals surface area contributed by atoms with E-state index in [1.54, 1.807) is 0 Å². The first-order chi connectivity index (χ1) is 8.83. The molecular formula is C13H16ClN3O2. The lowest BCUT2D eigenvalue weighted by Gasteiger charge is -2.20. The number of halogens is 1. The van der Waals surface area contributed by atoms with E-state index in [9.17, 15) is 0 Å². The van der Waals surface area contributed by atoms with Gasteiger partial charge in [0.05, 0.1) is 19.3 Å². The standard InChI is InChI=1S/C13H15N3O2.ClH/c1-9-3-2-4-10(7-9)13-15-12(16-18-13)11-8-17-6-5-14-11;/h2-4,7,11,14H,5-6,8H2,1H3;1H. The first kappa shape index (κ1) is 14.0. The first-order valence-corrected chi connectivity index (χ1v) is 6.05. The lowest BCUT2D eigenvalue weighted by molar-refractivity contribution is 0.0734. The van der Waals surface area contributed by atoms with Gasteiger partial charge in [-0.05, 0) is 19.1 Å². The van der Waals surface area contributed by atoms with Gasteiger partial charge in [0, 0.05) is 12.1 Å². The fourth-order valence-corrected chi connectivity index (χ4v) is 2.00. The number of benzene rings is 1. The molecule has 1 unspecified atom stereocenters. The molecule has 0 aliphatic carbocycles. The average molecular weight is 282 g/mol. The summed E-state index contributed by atoms with van der Waals surface area (Å²) < 4.78 is 10.7. The third-order valence-electron chi connectivity index (χ3n) is 2.94. The van der Waals surface area contributed by atoms with Gasteiger partial charge in [-0.3, -0.25) is 0 Å². The topological polar surface area (TPSA) is 60.2 Å². The Bertz CT molecular complexity index is 538. The smallest absolute Gasteiger partial charge is 0.257 e. The summed E-state index contributed by atoms with van der Waals surface area (Å²) in [6.45, 7) is 4.18. The van der Waals surface area contributed by atoms with E-state index < -0.39 is 0 Å². The van der Waals surface area contributed by atoms with Crippen LogP contribution in [0.2, 0.25) is 0 Å². The minimum absolute atomic E-state index is 0. The molecule has 1 saturated heterocycles. The fourth-order valence-electron chi connectivity index (χ4n) is 2.00. The highest BCUT2D eigenvalue weighted by Gasteiger charge is 2.21. The molecule has 6 heteroatoms. The number of hydrogen-bond donors (Lipinski definition) is 1. The number of morpholine rings is 1. The highest BCUT2D eigenvalue weighted by atomic mass is 35.5. The second-order valence-corrected chi connectivity index (χ2v) is 4.41. The molecule has 0 saturated carbocycles. The minimum atomic E-state index is 0. The van der Waals surface area contributed by atoms with E-state index in [-0.39, 0.29) is 18.4 Å². The molecule has 0 bridgehead atoms. The summed E-state index contributed by atoms with van der Waals surface area (Å²) in [6.07, 6.45) is 0. The van der Waals surface area contributed by atoms with Gasteiger partial charge in [-0.15, -0.1) is 12.4 Å². The predicted octanol–water partition coefficient (Wildman–Crippen LogP) is 2.13. The van der Waals surface area contributed by atoms with Crippen LogP contribution in [0.15, 0.2) is 28.8 Å². The molecule has 1 aromatic carbocycles. The van der Waals surface area contributed by atoms with Crippen LogP contribution in [0.1, 0.15) is 17.4 Å². The van der Waals surface area contributed by atoms with Crippen LogP contribution < -0.4 is 5.32 Å². The fraction of sp³-hybridized carbons (Fsp3) is 0.385. The SMILES string of the molecule is Cc1cccc(-c2nc(C3COCCN3)no2)c1.Cl. The third-order valence-corrected chi connectivity index (χ3v) is 2.94. The van der Waals surface area contributed by atoms with Crippen molar-refractivity contribution >= 4 is 12.4 Å². The zero-order valence-electron chi connectivity index (χ0n) is 10.6. The van der Waals surface area contributed by atoms with Crippen molar-refractivity contribution in [2.45, 2.75) is 13.0 Å². The van der Waals surface area contributed by atoms with Crippen molar-refractivity contribution in [1.82, 2.24) is 15.5 Å². The molecule has 0 spiro atoms. The Morgan fingerprint density at radius 1 is 1.37 bits per heavy atom. The highest BCUT2D eigenvalue weighted by Crippen LogP contribution is 2.21. The highest BCUT2D eigenvalue weighted by molar-refractivity contribution is 5.85. The first-order valence-electron chi connectivity index (χ1n) is 6.05. The number of aryl methyl sites for hydroxylation is 1. The van der Waals surface area contributed by atoms with Gasteiger partial charge in [0.1, 0.15) is 0 Å². The molecule has 3 rings (SSSR count). The Morgan fingerprint density at radius 3 is 3.00 bits per heavy atom. The molecule has 0 amide bonds. The van der Waals surface area contributed by atoms with Gasteiger partial charge in [0.25, 0.3) is 5.89 Å². The summed E-state index contributed by atoms with van der Waals surface area (Å²) in [5.74, 6) is 1.22. The second kappa shape index (κ2) is 6.14. The van der Waals surface area contributed by atoms with Crippen molar-refractivity contribution in [1.29, 1.82) is 0 Å². The number of nitrogens with zero attached hydrogens (tertiary/aromatic N) is 2. The van der Waals surface area contributed by atoms with Crippen LogP contribution >= 0.6 is 12.4 Å². The normalized spacial score (nSPS) is 18.9. The maximum Gasteiger partial charge on any atom is 0.257 e. The molecule has 102 valence electrons. The van der Waals surface area contributed by atoms with Crippen molar-refractivity contribution in [3.8, 4) is 11.5 Å². The van der Waals surface area contributed by atoms with Crippen molar-refractivity contribution in [3.05, 3.63) is 35.7 Å². The Labute approximate surface area is 117 Å². The maximum absolute atomic E-state index is 5.39. The summed E-state index contributed by atoms with van der Waals surface area (Å²) in [4.78, 5) is 4.42. The average Bonchev–Trinajstić information content (AvgIpc) is 2.89. The second-order valence-electron chi connectivity index (χ2n) is 4.41. The molecule has 1 aliphatic heterocycles. The van der Waals surface area contributed by atoms with E-state index in [4.69, 9.17) is 9.26 Å². The van der Waals surface area contributed by atoms with Crippen LogP contribution in [-0.4, -0.2) is 29.9 Å². The zero-order chi connectivity index (χ0) is 12.4. The van der Waals surface area contributed by atoms with Gasteiger partial charge < -0.3 is 14.6 Å². The summed E-state index contributed by atoms with van der Waals surface area (Å²) >= 11 is 0. The number of ether oxygens (including phenoxy) is 1. The van der Waals surface area contributed by atoms with E-state index in [1.807, 2.05) is 31.2 Å². The number of nitrogens with one attached hydrogen (secondary N) is 1. The number of hydrogen-bond acceptors (Lipinski definition) is 5. The lowest BCUT2D eigenvalue weighted by atomic mass is 10.1. The van der Waals surface area contributed by atoms with Crippen LogP contribution in [0.25, 0.3) is 11.5 Å². The lowest BCUT2D eigenvalue weighted by Crippen LogP contribution is -2.35. The van der Waals surface area contributed by atoms with Gasteiger partial charge in [-0.25, -0.2) is 0 Å². The summed E-state index contributed by atoms with van der Waals surface area (Å²) in [5.41, 5.74) is 2.12.